The molecule has 0 spiro atoms. The molecule has 0 aliphatic heterocycles. The molecule has 1 aromatic carbocycles. The third-order valence-electron chi connectivity index (χ3n) is 3.47. The van der Waals surface area contributed by atoms with E-state index < -0.39 is 5.97 Å². The Labute approximate surface area is 117 Å². The van der Waals surface area contributed by atoms with E-state index in [0.717, 1.165) is 22.4 Å². The lowest BCUT2D eigenvalue weighted by Gasteiger charge is -2.11. The van der Waals surface area contributed by atoms with Gasteiger partial charge in [-0.3, -0.25) is 9.89 Å². The number of rotatable bonds is 4. The quantitative estimate of drug-likeness (QED) is 0.898. The predicted molar refractivity (Wildman–Crippen MR) is 76.1 cm³/mol. The number of aromatic amines is 1. The topological polar surface area (TPSA) is 75.2 Å². The minimum Gasteiger partial charge on any atom is -0.496 e. The molecule has 5 heteroatoms. The fraction of sp³-hybridized carbons (Fsp3) is 0.333. The minimum atomic E-state index is -0.876. The van der Waals surface area contributed by atoms with Crippen LogP contribution in [0.2, 0.25) is 0 Å². The average Bonchev–Trinajstić information content (AvgIpc) is 2.73. The summed E-state index contributed by atoms with van der Waals surface area (Å²) in [6.45, 7) is 5.84. The number of carbonyl (C=O) groups is 1. The molecule has 5 nitrogen and oxygen atoms in total. The van der Waals surface area contributed by atoms with Crippen LogP contribution in [0.5, 0.6) is 5.75 Å². The Hall–Kier alpha value is -2.30. The Bertz CT molecular complexity index is 659. The zero-order chi connectivity index (χ0) is 14.9. The Kier molecular flexibility index (Phi) is 3.79. The number of nitrogens with zero attached hydrogens (tertiary/aromatic N) is 1. The van der Waals surface area contributed by atoms with Crippen molar-refractivity contribution in [3.63, 3.8) is 0 Å². The van der Waals surface area contributed by atoms with E-state index in [4.69, 9.17) is 9.84 Å². The van der Waals surface area contributed by atoms with Crippen molar-refractivity contribution < 1.29 is 14.6 Å². The third kappa shape index (κ3) is 2.52. The van der Waals surface area contributed by atoms with Crippen LogP contribution in [0.25, 0.3) is 11.3 Å². The number of aliphatic carboxylic acids is 1. The Morgan fingerprint density at radius 3 is 2.55 bits per heavy atom. The molecule has 2 rings (SSSR count). The molecule has 0 fully saturated rings. The smallest absolute Gasteiger partial charge is 0.307 e. The average molecular weight is 274 g/mol. The van der Waals surface area contributed by atoms with Crippen LogP contribution in [0.4, 0.5) is 0 Å². The van der Waals surface area contributed by atoms with E-state index in [9.17, 15) is 4.79 Å². The highest BCUT2D eigenvalue weighted by atomic mass is 16.5. The molecule has 0 saturated heterocycles. The maximum absolute atomic E-state index is 11.0. The van der Waals surface area contributed by atoms with Crippen molar-refractivity contribution in [2.24, 2.45) is 0 Å². The van der Waals surface area contributed by atoms with Gasteiger partial charge in [0.1, 0.15) is 5.75 Å². The van der Waals surface area contributed by atoms with Gasteiger partial charge in [0.15, 0.2) is 0 Å². The van der Waals surface area contributed by atoms with E-state index >= 15 is 0 Å². The molecule has 1 aromatic heterocycles. The Morgan fingerprint density at radius 2 is 1.95 bits per heavy atom. The molecule has 2 N–H and O–H groups in total. The van der Waals surface area contributed by atoms with Crippen molar-refractivity contribution in [2.75, 3.05) is 7.11 Å². The number of nitrogens with one attached hydrogen (secondary N) is 1. The highest BCUT2D eigenvalue weighted by molar-refractivity contribution is 5.78. The van der Waals surface area contributed by atoms with Crippen LogP contribution in [0.3, 0.4) is 0 Å². The lowest BCUT2D eigenvalue weighted by Crippen LogP contribution is -2.02. The molecule has 0 radical (unpaired) electrons. The van der Waals surface area contributed by atoms with Crippen LogP contribution in [-0.4, -0.2) is 28.4 Å². The van der Waals surface area contributed by atoms with E-state index in [1.807, 2.05) is 32.9 Å². The summed E-state index contributed by atoms with van der Waals surface area (Å²) in [5.74, 6) is -0.176. The van der Waals surface area contributed by atoms with Crippen LogP contribution in [0.1, 0.15) is 22.4 Å². The first-order valence-electron chi connectivity index (χ1n) is 6.35. The maximum atomic E-state index is 11.0. The second-order valence-electron chi connectivity index (χ2n) is 4.88. The van der Waals surface area contributed by atoms with E-state index in [2.05, 4.69) is 10.2 Å². The van der Waals surface area contributed by atoms with E-state index in [0.29, 0.717) is 17.0 Å². The number of carboxylic acid groups (broad SMARTS) is 1. The molecule has 0 unspecified atom stereocenters. The first kappa shape index (κ1) is 14.1. The number of benzene rings is 1. The number of H-pyrrole nitrogens is 1. The summed E-state index contributed by atoms with van der Waals surface area (Å²) in [6.07, 6.45) is -0.0618. The first-order valence-corrected chi connectivity index (χ1v) is 6.35. The fourth-order valence-corrected chi connectivity index (χ4v) is 2.19. The van der Waals surface area contributed by atoms with Gasteiger partial charge < -0.3 is 9.84 Å². The second kappa shape index (κ2) is 5.36. The molecular formula is C15H18N2O3. The van der Waals surface area contributed by atoms with Gasteiger partial charge in [-0.05, 0) is 44.0 Å². The zero-order valence-corrected chi connectivity index (χ0v) is 12.1. The summed E-state index contributed by atoms with van der Waals surface area (Å²) in [4.78, 5) is 11.0. The zero-order valence-electron chi connectivity index (χ0n) is 12.1. The summed E-state index contributed by atoms with van der Waals surface area (Å²) in [5.41, 5.74) is 5.16. The molecule has 0 amide bonds. The van der Waals surface area contributed by atoms with Gasteiger partial charge in [-0.1, -0.05) is 0 Å². The number of methoxy groups -OCH3 is 1. The van der Waals surface area contributed by atoms with Crippen LogP contribution >= 0.6 is 0 Å². The van der Waals surface area contributed by atoms with E-state index in [-0.39, 0.29) is 6.42 Å². The van der Waals surface area contributed by atoms with Gasteiger partial charge in [-0.15, -0.1) is 0 Å². The van der Waals surface area contributed by atoms with Crippen molar-refractivity contribution in [1.29, 1.82) is 0 Å². The summed E-state index contributed by atoms with van der Waals surface area (Å²) >= 11 is 0. The summed E-state index contributed by atoms with van der Waals surface area (Å²) < 4.78 is 5.40. The second-order valence-corrected chi connectivity index (χ2v) is 4.88. The number of aryl methyl sites for hydroxylation is 3. The van der Waals surface area contributed by atoms with E-state index in [1.165, 1.54) is 0 Å². The monoisotopic (exact) mass is 274 g/mol. The standard InChI is InChI=1S/C15H18N2O3/c1-8-5-12(13(20-4)6-9(8)2)15-11(7-14(18)19)10(3)16-17-15/h5-6H,7H2,1-4H3,(H,16,17)(H,18,19). The highest BCUT2D eigenvalue weighted by Gasteiger charge is 2.19. The van der Waals surface area contributed by atoms with Gasteiger partial charge >= 0.3 is 5.97 Å². The predicted octanol–water partition coefficient (Wildman–Crippen LogP) is 2.64. The summed E-state index contributed by atoms with van der Waals surface area (Å²) in [7, 11) is 1.60. The number of hydrogen-bond donors (Lipinski definition) is 2. The molecule has 0 aliphatic carbocycles. The van der Waals surface area contributed by atoms with Gasteiger partial charge in [0, 0.05) is 16.8 Å². The van der Waals surface area contributed by atoms with Gasteiger partial charge in [0.25, 0.3) is 0 Å². The van der Waals surface area contributed by atoms with Gasteiger partial charge in [0.2, 0.25) is 0 Å². The minimum absolute atomic E-state index is 0.0618. The lowest BCUT2D eigenvalue weighted by molar-refractivity contribution is -0.136. The molecule has 106 valence electrons. The van der Waals surface area contributed by atoms with Crippen LogP contribution in [0.15, 0.2) is 12.1 Å². The molecule has 0 saturated carbocycles. The van der Waals surface area contributed by atoms with Crippen LogP contribution < -0.4 is 4.74 Å². The van der Waals surface area contributed by atoms with Gasteiger partial charge in [-0.25, -0.2) is 0 Å². The maximum Gasteiger partial charge on any atom is 0.307 e. The SMILES string of the molecule is COc1cc(C)c(C)cc1-c1n[nH]c(C)c1CC(=O)O. The van der Waals surface area contributed by atoms with Crippen molar-refractivity contribution in [1.82, 2.24) is 10.2 Å². The van der Waals surface area contributed by atoms with Crippen molar-refractivity contribution in [2.45, 2.75) is 27.2 Å². The molecule has 0 atom stereocenters. The number of aromatic nitrogens is 2. The number of hydrogen-bond acceptors (Lipinski definition) is 3. The molecule has 20 heavy (non-hydrogen) atoms. The first-order chi connectivity index (χ1) is 9.43. The van der Waals surface area contributed by atoms with Crippen molar-refractivity contribution >= 4 is 5.97 Å². The molecular weight excluding hydrogens is 256 g/mol. The third-order valence-corrected chi connectivity index (χ3v) is 3.47. The van der Waals surface area contributed by atoms with Crippen molar-refractivity contribution in [3.8, 4) is 17.0 Å². The summed E-state index contributed by atoms with van der Waals surface area (Å²) in [5, 5.41) is 16.1. The van der Waals surface area contributed by atoms with Crippen molar-refractivity contribution in [3.05, 3.63) is 34.5 Å². The largest absolute Gasteiger partial charge is 0.496 e. The molecule has 0 aliphatic rings. The Morgan fingerprint density at radius 1 is 1.30 bits per heavy atom. The molecule has 0 bridgehead atoms. The van der Waals surface area contributed by atoms with Crippen LogP contribution in [-0.2, 0) is 11.2 Å². The number of carboxylic acids is 1. The lowest BCUT2D eigenvalue weighted by atomic mass is 9.98. The van der Waals surface area contributed by atoms with Gasteiger partial charge in [0.05, 0.1) is 19.2 Å². The molecule has 1 heterocycles. The van der Waals surface area contributed by atoms with Gasteiger partial charge in [-0.2, -0.15) is 5.10 Å². The number of ether oxygens (including phenoxy) is 1. The molecule has 2 aromatic rings. The summed E-state index contributed by atoms with van der Waals surface area (Å²) in [6, 6.07) is 3.92. The normalized spacial score (nSPS) is 10.6. The fourth-order valence-electron chi connectivity index (χ4n) is 2.19. The van der Waals surface area contributed by atoms with Crippen LogP contribution in [0, 0.1) is 20.8 Å². The van der Waals surface area contributed by atoms with E-state index in [1.54, 1.807) is 7.11 Å². The Balaban J connectivity index is 2.62. The highest BCUT2D eigenvalue weighted by Crippen LogP contribution is 2.34.